The summed E-state index contributed by atoms with van der Waals surface area (Å²) in [5.74, 6) is -0.185. The summed E-state index contributed by atoms with van der Waals surface area (Å²) in [6, 6.07) is 0. The Morgan fingerprint density at radius 3 is 3.12 bits per heavy atom. The summed E-state index contributed by atoms with van der Waals surface area (Å²) in [5, 5.41) is 3.23. The number of carbonyl (C=O) groups excluding carboxylic acids is 1. The standard InChI is InChI=1S/C10H19IN2O3/c1-13-3-4-16-8(7-13)5-12-6-9(11)10(14)15-2/h8-9,12H,3-7H2,1-2H3. The molecule has 0 bridgehead atoms. The van der Waals surface area contributed by atoms with Gasteiger partial charge in [-0.15, -0.1) is 0 Å². The van der Waals surface area contributed by atoms with E-state index in [4.69, 9.17) is 4.74 Å². The molecule has 1 aliphatic rings. The lowest BCUT2D eigenvalue weighted by Crippen LogP contribution is -2.46. The Morgan fingerprint density at radius 2 is 2.50 bits per heavy atom. The summed E-state index contributed by atoms with van der Waals surface area (Å²) in [5.41, 5.74) is 0. The zero-order valence-electron chi connectivity index (χ0n) is 9.74. The van der Waals surface area contributed by atoms with Gasteiger partial charge < -0.3 is 19.7 Å². The number of nitrogens with zero attached hydrogens (tertiary/aromatic N) is 1. The van der Waals surface area contributed by atoms with Crippen LogP contribution in [-0.4, -0.2) is 67.8 Å². The highest BCUT2D eigenvalue weighted by Gasteiger charge is 2.19. The molecule has 0 aromatic heterocycles. The molecule has 1 rings (SSSR count). The van der Waals surface area contributed by atoms with Crippen LogP contribution in [0.1, 0.15) is 0 Å². The van der Waals surface area contributed by atoms with E-state index in [1.165, 1.54) is 7.11 Å². The summed E-state index contributed by atoms with van der Waals surface area (Å²) in [4.78, 5) is 13.4. The van der Waals surface area contributed by atoms with Crippen LogP contribution in [0.3, 0.4) is 0 Å². The molecular weight excluding hydrogens is 323 g/mol. The van der Waals surface area contributed by atoms with Crippen LogP contribution >= 0.6 is 22.6 Å². The van der Waals surface area contributed by atoms with E-state index in [0.717, 1.165) is 26.2 Å². The number of rotatable bonds is 5. The summed E-state index contributed by atoms with van der Waals surface area (Å²) in [6.07, 6.45) is 0.222. The molecule has 0 saturated carbocycles. The van der Waals surface area contributed by atoms with Crippen LogP contribution in [0.15, 0.2) is 0 Å². The van der Waals surface area contributed by atoms with Gasteiger partial charge in [-0.1, -0.05) is 22.6 Å². The lowest BCUT2D eigenvalue weighted by Gasteiger charge is -2.30. The van der Waals surface area contributed by atoms with E-state index in [-0.39, 0.29) is 16.0 Å². The molecule has 1 aliphatic heterocycles. The van der Waals surface area contributed by atoms with Crippen molar-refractivity contribution in [1.82, 2.24) is 10.2 Å². The molecule has 1 saturated heterocycles. The van der Waals surface area contributed by atoms with Gasteiger partial charge in [0.2, 0.25) is 0 Å². The number of alkyl halides is 1. The fourth-order valence-corrected chi connectivity index (χ4v) is 2.14. The van der Waals surface area contributed by atoms with Gasteiger partial charge in [-0.25, -0.2) is 0 Å². The molecule has 0 aromatic rings. The minimum absolute atomic E-state index is 0.135. The van der Waals surface area contributed by atoms with Gasteiger partial charge in [0.15, 0.2) is 0 Å². The molecule has 1 heterocycles. The van der Waals surface area contributed by atoms with E-state index in [2.05, 4.69) is 44.6 Å². The third kappa shape index (κ3) is 4.94. The van der Waals surface area contributed by atoms with E-state index >= 15 is 0 Å². The Bertz CT molecular complexity index is 228. The van der Waals surface area contributed by atoms with E-state index in [0.29, 0.717) is 6.54 Å². The molecule has 5 nitrogen and oxygen atoms in total. The Labute approximate surface area is 110 Å². The van der Waals surface area contributed by atoms with Crippen LogP contribution < -0.4 is 5.32 Å². The second-order valence-corrected chi connectivity index (χ2v) is 5.41. The number of halogens is 1. The van der Waals surface area contributed by atoms with Crippen LogP contribution in [0, 0.1) is 0 Å². The zero-order chi connectivity index (χ0) is 12.0. The predicted octanol–water partition coefficient (Wildman–Crippen LogP) is -0.117. The molecule has 94 valence electrons. The highest BCUT2D eigenvalue weighted by molar-refractivity contribution is 14.1. The highest BCUT2D eigenvalue weighted by atomic mass is 127. The molecule has 6 heteroatoms. The van der Waals surface area contributed by atoms with Crippen molar-refractivity contribution in [2.24, 2.45) is 0 Å². The number of nitrogens with one attached hydrogen (secondary N) is 1. The van der Waals surface area contributed by atoms with Gasteiger partial charge in [0.05, 0.1) is 19.8 Å². The minimum Gasteiger partial charge on any atom is -0.468 e. The van der Waals surface area contributed by atoms with E-state index in [9.17, 15) is 4.79 Å². The van der Waals surface area contributed by atoms with Crippen LogP contribution in [-0.2, 0) is 14.3 Å². The van der Waals surface area contributed by atoms with Gasteiger partial charge in [0.1, 0.15) is 3.92 Å². The van der Waals surface area contributed by atoms with Crippen LogP contribution in [0.2, 0.25) is 0 Å². The quantitative estimate of drug-likeness (QED) is 0.429. The van der Waals surface area contributed by atoms with Crippen LogP contribution in [0.5, 0.6) is 0 Å². The molecular formula is C10H19IN2O3. The zero-order valence-corrected chi connectivity index (χ0v) is 11.9. The van der Waals surface area contributed by atoms with Crippen molar-refractivity contribution >= 4 is 28.6 Å². The number of ether oxygens (including phenoxy) is 2. The SMILES string of the molecule is COC(=O)C(I)CNCC1CN(C)CCO1. The minimum atomic E-state index is -0.185. The van der Waals surface area contributed by atoms with Crippen molar-refractivity contribution in [3.63, 3.8) is 0 Å². The third-order valence-electron chi connectivity index (χ3n) is 2.49. The number of likely N-dealkylation sites (N-methyl/N-ethyl adjacent to an activating group) is 1. The molecule has 2 atom stereocenters. The van der Waals surface area contributed by atoms with E-state index in [1.54, 1.807) is 0 Å². The van der Waals surface area contributed by atoms with Gasteiger partial charge in [-0.3, -0.25) is 4.79 Å². The van der Waals surface area contributed by atoms with Crippen molar-refractivity contribution in [2.75, 3.05) is 46.9 Å². The molecule has 0 aromatic carbocycles. The summed E-state index contributed by atoms with van der Waals surface area (Å²) < 4.78 is 10.1. The normalized spacial score (nSPS) is 24.1. The predicted molar refractivity (Wildman–Crippen MR) is 69.9 cm³/mol. The monoisotopic (exact) mass is 342 g/mol. The first-order valence-electron chi connectivity index (χ1n) is 5.36. The molecule has 1 fully saturated rings. The Morgan fingerprint density at radius 1 is 1.75 bits per heavy atom. The highest BCUT2D eigenvalue weighted by Crippen LogP contribution is 2.03. The van der Waals surface area contributed by atoms with Crippen molar-refractivity contribution in [2.45, 2.75) is 10.0 Å². The summed E-state index contributed by atoms with van der Waals surface area (Å²) >= 11 is 2.08. The van der Waals surface area contributed by atoms with Crippen LogP contribution in [0.4, 0.5) is 0 Å². The summed E-state index contributed by atoms with van der Waals surface area (Å²) in [7, 11) is 3.50. The molecule has 2 unspecified atom stereocenters. The summed E-state index contributed by atoms with van der Waals surface area (Å²) in [6.45, 7) is 4.12. The third-order valence-corrected chi connectivity index (χ3v) is 3.44. The maximum Gasteiger partial charge on any atom is 0.319 e. The number of methoxy groups -OCH3 is 1. The van der Waals surface area contributed by atoms with Gasteiger partial charge in [0.25, 0.3) is 0 Å². The van der Waals surface area contributed by atoms with Gasteiger partial charge in [-0.2, -0.15) is 0 Å². The number of hydrogen-bond acceptors (Lipinski definition) is 5. The first-order chi connectivity index (χ1) is 7.63. The van der Waals surface area contributed by atoms with Crippen molar-refractivity contribution in [1.29, 1.82) is 0 Å². The van der Waals surface area contributed by atoms with Crippen molar-refractivity contribution in [3.05, 3.63) is 0 Å². The lowest BCUT2D eigenvalue weighted by atomic mass is 10.3. The molecule has 0 amide bonds. The lowest BCUT2D eigenvalue weighted by molar-refractivity contribution is -0.139. The second-order valence-electron chi connectivity index (χ2n) is 3.90. The average Bonchev–Trinajstić information content (AvgIpc) is 2.28. The number of hydrogen-bond donors (Lipinski definition) is 1. The van der Waals surface area contributed by atoms with Gasteiger partial charge >= 0.3 is 5.97 Å². The molecule has 1 N–H and O–H groups in total. The smallest absolute Gasteiger partial charge is 0.319 e. The Balaban J connectivity index is 2.12. The molecule has 0 radical (unpaired) electrons. The maximum absolute atomic E-state index is 11.1. The van der Waals surface area contributed by atoms with Gasteiger partial charge in [-0.05, 0) is 7.05 Å². The van der Waals surface area contributed by atoms with Crippen molar-refractivity contribution < 1.29 is 14.3 Å². The Kier molecular flexibility index (Phi) is 6.55. The largest absolute Gasteiger partial charge is 0.468 e. The van der Waals surface area contributed by atoms with E-state index in [1.807, 2.05) is 0 Å². The molecule has 0 spiro atoms. The van der Waals surface area contributed by atoms with E-state index < -0.39 is 0 Å². The first-order valence-corrected chi connectivity index (χ1v) is 6.60. The number of esters is 1. The topological polar surface area (TPSA) is 50.8 Å². The molecule has 16 heavy (non-hydrogen) atoms. The number of morpholine rings is 1. The first kappa shape index (κ1) is 14.1. The van der Waals surface area contributed by atoms with Gasteiger partial charge in [0, 0.05) is 26.2 Å². The average molecular weight is 342 g/mol. The fourth-order valence-electron chi connectivity index (χ4n) is 1.57. The molecule has 0 aliphatic carbocycles. The second kappa shape index (κ2) is 7.41. The van der Waals surface area contributed by atoms with Crippen molar-refractivity contribution in [3.8, 4) is 0 Å². The number of carbonyl (C=O) groups is 1. The maximum atomic E-state index is 11.1. The van der Waals surface area contributed by atoms with Crippen LogP contribution in [0.25, 0.3) is 0 Å². The Hall–Kier alpha value is 0.0800. The fraction of sp³-hybridized carbons (Fsp3) is 0.900.